The lowest BCUT2D eigenvalue weighted by Crippen LogP contribution is -2.02. The second kappa shape index (κ2) is 7.14. The minimum Gasteiger partial charge on any atom is -0.497 e. The molecular weight excluding hydrogens is 386 g/mol. The van der Waals surface area contributed by atoms with Gasteiger partial charge in [0, 0.05) is 29.4 Å². The third kappa shape index (κ3) is 3.27. The normalized spacial score (nSPS) is 11.2. The van der Waals surface area contributed by atoms with Crippen LogP contribution in [0.2, 0.25) is 0 Å². The fourth-order valence-electron chi connectivity index (χ4n) is 3.18. The fourth-order valence-corrected chi connectivity index (χ4v) is 3.92. The quantitative estimate of drug-likeness (QED) is 0.436. The van der Waals surface area contributed by atoms with Gasteiger partial charge in [-0.3, -0.25) is 9.38 Å². The lowest BCUT2D eigenvalue weighted by atomic mass is 10.2. The number of aryl methyl sites for hydroxylation is 1. The Balaban J connectivity index is 1.46. The maximum absolute atomic E-state index is 6.08. The highest BCUT2D eigenvalue weighted by Crippen LogP contribution is 2.28. The van der Waals surface area contributed by atoms with E-state index in [9.17, 15) is 0 Å². The van der Waals surface area contributed by atoms with E-state index in [-0.39, 0.29) is 6.61 Å². The van der Waals surface area contributed by atoms with Crippen molar-refractivity contribution in [2.45, 2.75) is 13.5 Å². The van der Waals surface area contributed by atoms with Gasteiger partial charge in [0.15, 0.2) is 11.5 Å². The lowest BCUT2D eigenvalue weighted by molar-refractivity contribution is 0.298. The summed E-state index contributed by atoms with van der Waals surface area (Å²) < 4.78 is 17.7. The molecule has 0 saturated carbocycles. The fraction of sp³-hybridized carbons (Fsp3) is 0.143. The van der Waals surface area contributed by atoms with Gasteiger partial charge in [0.2, 0.25) is 0 Å². The van der Waals surface area contributed by atoms with Crippen LogP contribution in [0.25, 0.3) is 27.0 Å². The predicted molar refractivity (Wildman–Crippen MR) is 111 cm³/mol. The van der Waals surface area contributed by atoms with Crippen molar-refractivity contribution in [3.63, 3.8) is 0 Å². The van der Waals surface area contributed by atoms with Gasteiger partial charge in [0.05, 0.1) is 23.2 Å². The molecule has 0 N–H and O–H groups in total. The topological polar surface area (TPSA) is 74.4 Å². The number of hydrogen-bond donors (Lipinski definition) is 0. The van der Waals surface area contributed by atoms with Crippen LogP contribution in [0.3, 0.4) is 0 Å². The van der Waals surface area contributed by atoms with Gasteiger partial charge in [-0.25, -0.2) is 0 Å². The SMILES string of the molecule is COc1ccc2c(OCc3nnc4ccc(-c5cc(C)ns5)cn34)ccnc2c1. The Hall–Kier alpha value is -3.52. The molecule has 1 aromatic carbocycles. The Morgan fingerprint density at radius 1 is 1.07 bits per heavy atom. The molecule has 0 spiro atoms. The first-order valence-corrected chi connectivity index (χ1v) is 9.81. The molecule has 0 aliphatic rings. The van der Waals surface area contributed by atoms with Gasteiger partial charge < -0.3 is 9.47 Å². The zero-order chi connectivity index (χ0) is 19.8. The zero-order valence-electron chi connectivity index (χ0n) is 15.9. The highest BCUT2D eigenvalue weighted by atomic mass is 32.1. The van der Waals surface area contributed by atoms with Crippen LogP contribution in [0.15, 0.2) is 54.9 Å². The van der Waals surface area contributed by atoms with Crippen molar-refractivity contribution in [2.24, 2.45) is 0 Å². The molecule has 8 heteroatoms. The third-order valence-electron chi connectivity index (χ3n) is 4.65. The van der Waals surface area contributed by atoms with E-state index in [1.165, 1.54) is 11.5 Å². The minimum atomic E-state index is 0.289. The van der Waals surface area contributed by atoms with Crippen molar-refractivity contribution < 1.29 is 9.47 Å². The molecule has 5 rings (SSSR count). The molecule has 0 bridgehead atoms. The summed E-state index contributed by atoms with van der Waals surface area (Å²) in [6.45, 7) is 2.28. The van der Waals surface area contributed by atoms with Crippen molar-refractivity contribution in [1.29, 1.82) is 0 Å². The molecule has 144 valence electrons. The summed E-state index contributed by atoms with van der Waals surface area (Å²) >= 11 is 1.48. The van der Waals surface area contributed by atoms with E-state index in [2.05, 4.69) is 25.6 Å². The van der Waals surface area contributed by atoms with Crippen LogP contribution in [-0.2, 0) is 6.61 Å². The Kier molecular flexibility index (Phi) is 4.33. The van der Waals surface area contributed by atoms with Gasteiger partial charge in [0.25, 0.3) is 0 Å². The van der Waals surface area contributed by atoms with Crippen LogP contribution in [0.1, 0.15) is 11.5 Å². The monoisotopic (exact) mass is 403 g/mol. The average Bonchev–Trinajstić information content (AvgIpc) is 3.37. The second-order valence-electron chi connectivity index (χ2n) is 6.58. The summed E-state index contributed by atoms with van der Waals surface area (Å²) in [5, 5.41) is 9.47. The predicted octanol–water partition coefficient (Wildman–Crippen LogP) is 4.30. The van der Waals surface area contributed by atoms with Crippen LogP contribution >= 0.6 is 11.5 Å². The largest absolute Gasteiger partial charge is 0.497 e. The highest BCUT2D eigenvalue weighted by Gasteiger charge is 2.11. The van der Waals surface area contributed by atoms with Crippen LogP contribution in [0.5, 0.6) is 11.5 Å². The standard InChI is InChI=1S/C21H17N5O2S/c1-13-9-19(29-25-13)14-3-6-20-23-24-21(26(20)11-14)12-28-18-7-8-22-17-10-15(27-2)4-5-16(17)18/h3-11H,12H2,1-2H3. The van der Waals surface area contributed by atoms with Crippen molar-refractivity contribution >= 4 is 28.1 Å². The summed E-state index contributed by atoms with van der Waals surface area (Å²) in [5.41, 5.74) is 3.68. The first-order chi connectivity index (χ1) is 14.2. The first-order valence-electron chi connectivity index (χ1n) is 9.04. The molecule has 0 amide bonds. The summed E-state index contributed by atoms with van der Waals surface area (Å²) in [4.78, 5) is 5.50. The summed E-state index contributed by atoms with van der Waals surface area (Å²) in [5.74, 6) is 2.22. The smallest absolute Gasteiger partial charge is 0.175 e. The van der Waals surface area contributed by atoms with E-state index < -0.39 is 0 Å². The van der Waals surface area contributed by atoms with Gasteiger partial charge in [-0.1, -0.05) is 0 Å². The van der Waals surface area contributed by atoms with E-state index >= 15 is 0 Å². The summed E-state index contributed by atoms with van der Waals surface area (Å²) in [6.07, 6.45) is 3.75. The Morgan fingerprint density at radius 2 is 2.00 bits per heavy atom. The van der Waals surface area contributed by atoms with Crippen molar-refractivity contribution in [3.8, 4) is 21.9 Å². The van der Waals surface area contributed by atoms with E-state index in [0.29, 0.717) is 0 Å². The minimum absolute atomic E-state index is 0.289. The van der Waals surface area contributed by atoms with Gasteiger partial charge >= 0.3 is 0 Å². The Bertz CT molecular complexity index is 1330. The number of ether oxygens (including phenoxy) is 2. The highest BCUT2D eigenvalue weighted by molar-refractivity contribution is 7.09. The van der Waals surface area contributed by atoms with Gasteiger partial charge in [0.1, 0.15) is 18.1 Å². The van der Waals surface area contributed by atoms with E-state index in [1.807, 2.05) is 53.9 Å². The number of nitrogens with zero attached hydrogens (tertiary/aromatic N) is 5. The molecule has 0 aliphatic heterocycles. The molecule has 7 nitrogen and oxygen atoms in total. The molecule has 0 aliphatic carbocycles. The van der Waals surface area contributed by atoms with Gasteiger partial charge in [-0.15, -0.1) is 10.2 Å². The lowest BCUT2D eigenvalue weighted by Gasteiger charge is -2.09. The van der Waals surface area contributed by atoms with Crippen molar-refractivity contribution in [2.75, 3.05) is 7.11 Å². The molecular formula is C21H17N5O2S. The maximum Gasteiger partial charge on any atom is 0.175 e. The number of methoxy groups -OCH3 is 1. The molecule has 0 radical (unpaired) electrons. The molecule has 0 atom stereocenters. The number of fused-ring (bicyclic) bond motifs is 2. The van der Waals surface area contributed by atoms with Crippen LogP contribution < -0.4 is 9.47 Å². The maximum atomic E-state index is 6.08. The molecule has 29 heavy (non-hydrogen) atoms. The van der Waals surface area contributed by atoms with Crippen LogP contribution in [-0.4, -0.2) is 31.1 Å². The molecule has 0 saturated heterocycles. The summed E-state index contributed by atoms with van der Waals surface area (Å²) in [6, 6.07) is 13.6. The Labute approximate surface area is 170 Å². The number of rotatable bonds is 5. The first kappa shape index (κ1) is 17.6. The van der Waals surface area contributed by atoms with Gasteiger partial charge in [-0.05, 0) is 54.9 Å². The number of benzene rings is 1. The van der Waals surface area contributed by atoms with Crippen molar-refractivity contribution in [3.05, 3.63) is 66.4 Å². The molecule has 4 aromatic heterocycles. The van der Waals surface area contributed by atoms with Gasteiger partial charge in [-0.2, -0.15) is 4.37 Å². The van der Waals surface area contributed by atoms with E-state index in [4.69, 9.17) is 9.47 Å². The molecule has 4 heterocycles. The molecule has 0 fully saturated rings. The third-order valence-corrected chi connectivity index (χ3v) is 5.58. The molecule has 5 aromatic rings. The number of aromatic nitrogens is 5. The Morgan fingerprint density at radius 3 is 2.83 bits per heavy atom. The van der Waals surface area contributed by atoms with Crippen molar-refractivity contribution in [1.82, 2.24) is 24.0 Å². The number of hydrogen-bond acceptors (Lipinski definition) is 7. The average molecular weight is 403 g/mol. The van der Waals surface area contributed by atoms with E-state index in [0.717, 1.165) is 50.0 Å². The van der Waals surface area contributed by atoms with Crippen LogP contribution in [0, 0.1) is 6.92 Å². The second-order valence-corrected chi connectivity index (χ2v) is 7.38. The van der Waals surface area contributed by atoms with E-state index in [1.54, 1.807) is 13.3 Å². The number of pyridine rings is 2. The summed E-state index contributed by atoms with van der Waals surface area (Å²) in [7, 11) is 1.64. The zero-order valence-corrected chi connectivity index (χ0v) is 16.7. The van der Waals surface area contributed by atoms with Crippen LogP contribution in [0.4, 0.5) is 0 Å². The molecule has 0 unspecified atom stereocenters.